The number of amides is 1. The van der Waals surface area contributed by atoms with Gasteiger partial charge < -0.3 is 15.5 Å². The van der Waals surface area contributed by atoms with E-state index in [0.29, 0.717) is 17.2 Å². The zero-order valence-corrected chi connectivity index (χ0v) is 16.3. The van der Waals surface area contributed by atoms with E-state index in [1.165, 1.54) is 11.9 Å². The largest absolute Gasteiger partial charge is 0.337 e. The highest BCUT2D eigenvalue weighted by atomic mass is 16.2. The lowest BCUT2D eigenvalue weighted by molar-refractivity contribution is 0.102. The molecule has 9 heteroatoms. The van der Waals surface area contributed by atoms with Crippen molar-refractivity contribution in [3.8, 4) is 0 Å². The van der Waals surface area contributed by atoms with E-state index in [0.717, 1.165) is 38.4 Å². The molecule has 4 rings (SSSR count). The summed E-state index contributed by atoms with van der Waals surface area (Å²) in [6, 6.07) is 9.68. The van der Waals surface area contributed by atoms with Gasteiger partial charge in [-0.1, -0.05) is 12.1 Å². The monoisotopic (exact) mass is 392 g/mol. The van der Waals surface area contributed by atoms with E-state index in [-0.39, 0.29) is 5.91 Å². The second-order valence-electron chi connectivity index (χ2n) is 7.11. The van der Waals surface area contributed by atoms with Crippen LogP contribution in [0.25, 0.3) is 0 Å². The fourth-order valence-electron chi connectivity index (χ4n) is 3.21. The van der Waals surface area contributed by atoms with Gasteiger partial charge in [-0.3, -0.25) is 14.8 Å². The molecule has 150 valence electrons. The molecule has 0 atom stereocenters. The maximum atomic E-state index is 12.7. The Bertz CT molecular complexity index is 933. The molecule has 0 saturated carbocycles. The number of carbonyl (C=O) groups excluding carboxylic acids is 1. The number of carbonyl (C=O) groups is 1. The first-order valence-corrected chi connectivity index (χ1v) is 9.55. The molecule has 0 spiro atoms. The Morgan fingerprint density at radius 3 is 2.66 bits per heavy atom. The van der Waals surface area contributed by atoms with Gasteiger partial charge >= 0.3 is 0 Å². The number of hydrogen-bond acceptors (Lipinski definition) is 7. The highest BCUT2D eigenvalue weighted by Gasteiger charge is 2.16. The number of piperazine rings is 1. The van der Waals surface area contributed by atoms with E-state index in [4.69, 9.17) is 0 Å². The lowest BCUT2D eigenvalue weighted by Gasteiger charge is -2.32. The lowest BCUT2D eigenvalue weighted by Crippen LogP contribution is -2.43. The lowest BCUT2D eigenvalue weighted by atomic mass is 10.1. The topological polar surface area (TPSA) is 102 Å². The van der Waals surface area contributed by atoms with Gasteiger partial charge in [-0.05, 0) is 30.8 Å². The summed E-state index contributed by atoms with van der Waals surface area (Å²) >= 11 is 0. The highest BCUT2D eigenvalue weighted by Crippen LogP contribution is 2.19. The molecule has 9 nitrogen and oxygen atoms in total. The van der Waals surface area contributed by atoms with Crippen molar-refractivity contribution in [2.45, 2.75) is 6.54 Å². The Hall–Kier alpha value is -3.30. The maximum absolute atomic E-state index is 12.7. The van der Waals surface area contributed by atoms with Gasteiger partial charge in [-0.2, -0.15) is 5.10 Å². The fraction of sp³-hybridized carbons (Fsp3) is 0.300. The van der Waals surface area contributed by atoms with Crippen LogP contribution in [0, 0.1) is 0 Å². The molecule has 3 aromatic rings. The van der Waals surface area contributed by atoms with Crippen molar-refractivity contribution in [2.24, 2.45) is 0 Å². The number of benzene rings is 1. The number of hydrogen-bond donors (Lipinski definition) is 3. The predicted molar refractivity (Wildman–Crippen MR) is 111 cm³/mol. The van der Waals surface area contributed by atoms with Crippen molar-refractivity contribution in [2.75, 3.05) is 43.9 Å². The molecule has 1 aliphatic rings. The van der Waals surface area contributed by atoms with Crippen LogP contribution < -0.4 is 10.6 Å². The van der Waals surface area contributed by atoms with Crippen LogP contribution in [0.3, 0.4) is 0 Å². The summed E-state index contributed by atoms with van der Waals surface area (Å²) in [5.41, 5.74) is 2.86. The molecule has 1 saturated heterocycles. The molecule has 0 unspecified atom stereocenters. The molecular formula is C20H24N8O. The standard InChI is InChI=1S/C20H24N8O/c1-27-8-10-28(11-9-27)13-15-2-4-16(5-3-15)24-20(29)19-17(12-23-26-19)25-18-6-7-21-14-22-18/h2-7,12,14H,8-11,13H2,1H3,(H,23,26)(H,24,29)(H,21,22,25). The molecule has 0 radical (unpaired) electrons. The van der Waals surface area contributed by atoms with Gasteiger partial charge in [0.15, 0.2) is 0 Å². The minimum absolute atomic E-state index is 0.272. The molecule has 29 heavy (non-hydrogen) atoms. The van der Waals surface area contributed by atoms with E-state index in [2.05, 4.69) is 59.8 Å². The Balaban J connectivity index is 1.36. The molecule has 1 aromatic carbocycles. The first-order chi connectivity index (χ1) is 14.2. The number of H-pyrrole nitrogens is 1. The summed E-state index contributed by atoms with van der Waals surface area (Å²) < 4.78 is 0. The summed E-state index contributed by atoms with van der Waals surface area (Å²) in [6.45, 7) is 5.29. The molecule has 1 amide bonds. The Labute approximate surface area is 169 Å². The summed E-state index contributed by atoms with van der Waals surface area (Å²) in [6.07, 6.45) is 4.61. The number of aromatic nitrogens is 4. The van der Waals surface area contributed by atoms with Gasteiger partial charge in [0, 0.05) is 44.6 Å². The molecule has 2 aromatic heterocycles. The first kappa shape index (κ1) is 19.0. The second-order valence-corrected chi connectivity index (χ2v) is 7.11. The molecule has 0 aliphatic carbocycles. The van der Waals surface area contributed by atoms with Crippen LogP contribution in [-0.2, 0) is 6.54 Å². The van der Waals surface area contributed by atoms with Gasteiger partial charge in [0.1, 0.15) is 17.8 Å². The minimum atomic E-state index is -0.272. The van der Waals surface area contributed by atoms with E-state index < -0.39 is 0 Å². The van der Waals surface area contributed by atoms with Gasteiger partial charge in [-0.15, -0.1) is 0 Å². The van der Waals surface area contributed by atoms with Crippen molar-refractivity contribution in [3.05, 3.63) is 60.3 Å². The summed E-state index contributed by atoms with van der Waals surface area (Å²) in [5, 5.41) is 12.7. The summed E-state index contributed by atoms with van der Waals surface area (Å²) in [7, 11) is 2.16. The number of nitrogens with one attached hydrogen (secondary N) is 3. The van der Waals surface area contributed by atoms with Crippen LogP contribution in [0.15, 0.2) is 49.1 Å². The van der Waals surface area contributed by atoms with E-state index >= 15 is 0 Å². The number of rotatable bonds is 6. The van der Waals surface area contributed by atoms with Crippen LogP contribution in [0.4, 0.5) is 17.2 Å². The van der Waals surface area contributed by atoms with E-state index in [1.807, 2.05) is 12.1 Å². The van der Waals surface area contributed by atoms with Crippen LogP contribution in [-0.4, -0.2) is 69.1 Å². The van der Waals surface area contributed by atoms with Gasteiger partial charge in [0.25, 0.3) is 5.91 Å². The van der Waals surface area contributed by atoms with Crippen LogP contribution in [0.5, 0.6) is 0 Å². The summed E-state index contributed by atoms with van der Waals surface area (Å²) in [5.74, 6) is 0.314. The Kier molecular flexibility index (Phi) is 5.78. The van der Waals surface area contributed by atoms with Gasteiger partial charge in [0.2, 0.25) is 0 Å². The summed E-state index contributed by atoms with van der Waals surface area (Å²) in [4.78, 5) is 25.4. The van der Waals surface area contributed by atoms with Crippen LogP contribution in [0.2, 0.25) is 0 Å². The highest BCUT2D eigenvalue weighted by molar-refractivity contribution is 6.06. The van der Waals surface area contributed by atoms with Crippen molar-refractivity contribution in [1.82, 2.24) is 30.0 Å². The minimum Gasteiger partial charge on any atom is -0.337 e. The third kappa shape index (κ3) is 4.95. The third-order valence-electron chi connectivity index (χ3n) is 4.92. The van der Waals surface area contributed by atoms with Crippen molar-refractivity contribution in [3.63, 3.8) is 0 Å². The normalized spacial score (nSPS) is 15.2. The number of anilines is 3. The maximum Gasteiger partial charge on any atom is 0.275 e. The Morgan fingerprint density at radius 1 is 1.14 bits per heavy atom. The fourth-order valence-corrected chi connectivity index (χ4v) is 3.21. The smallest absolute Gasteiger partial charge is 0.275 e. The molecular weight excluding hydrogens is 368 g/mol. The van der Waals surface area contributed by atoms with Crippen LogP contribution >= 0.6 is 0 Å². The number of aromatic amines is 1. The third-order valence-corrected chi connectivity index (χ3v) is 4.92. The van der Waals surface area contributed by atoms with Gasteiger partial charge in [-0.25, -0.2) is 9.97 Å². The quantitative estimate of drug-likeness (QED) is 0.589. The molecule has 1 aliphatic heterocycles. The van der Waals surface area contributed by atoms with Crippen LogP contribution in [0.1, 0.15) is 16.1 Å². The van der Waals surface area contributed by atoms with E-state index in [9.17, 15) is 4.79 Å². The van der Waals surface area contributed by atoms with Crippen molar-refractivity contribution in [1.29, 1.82) is 0 Å². The predicted octanol–water partition coefficient (Wildman–Crippen LogP) is 1.94. The Morgan fingerprint density at radius 2 is 1.93 bits per heavy atom. The number of nitrogens with zero attached hydrogens (tertiary/aromatic N) is 5. The SMILES string of the molecule is CN1CCN(Cc2ccc(NC(=O)c3[nH]ncc3Nc3ccncn3)cc2)CC1. The average molecular weight is 392 g/mol. The second kappa shape index (κ2) is 8.80. The number of likely N-dealkylation sites (N-methyl/N-ethyl adjacent to an activating group) is 1. The van der Waals surface area contributed by atoms with Gasteiger partial charge in [0.05, 0.1) is 11.9 Å². The van der Waals surface area contributed by atoms with E-state index in [1.54, 1.807) is 18.5 Å². The molecule has 3 heterocycles. The molecule has 1 fully saturated rings. The molecule has 3 N–H and O–H groups in total. The molecule has 0 bridgehead atoms. The zero-order valence-electron chi connectivity index (χ0n) is 16.3. The first-order valence-electron chi connectivity index (χ1n) is 9.55. The average Bonchev–Trinajstić information content (AvgIpc) is 3.20. The van der Waals surface area contributed by atoms with Crippen molar-refractivity contribution >= 4 is 23.1 Å². The zero-order chi connectivity index (χ0) is 20.1. The van der Waals surface area contributed by atoms with Crippen molar-refractivity contribution < 1.29 is 4.79 Å².